The van der Waals surface area contributed by atoms with Crippen LogP contribution >= 0.6 is 0 Å². The van der Waals surface area contributed by atoms with Gasteiger partial charge in [0.1, 0.15) is 11.4 Å². The molecule has 3 N–H and O–H groups in total. The molecule has 0 saturated heterocycles. The maximum atomic E-state index is 11.5. The standard InChI is InChI=1S/C20H14N2O6/c23-17-10-16(22(26)27)18-14(9-11-4-1-2-7-15(11)21-18)19(17)28-13-6-3-5-12(8-13)20(24)25/h1-10,15,21,23H,(H,24,25). The van der Waals surface area contributed by atoms with Crippen molar-refractivity contribution in [1.82, 2.24) is 0 Å². The second-order valence-electron chi connectivity index (χ2n) is 6.24. The number of hydrogen-bond acceptors (Lipinski definition) is 6. The number of allylic oxidation sites excluding steroid dienone is 2. The van der Waals surface area contributed by atoms with Crippen LogP contribution in [0.2, 0.25) is 0 Å². The van der Waals surface area contributed by atoms with E-state index in [4.69, 9.17) is 9.84 Å². The lowest BCUT2D eigenvalue weighted by Crippen LogP contribution is -2.24. The van der Waals surface area contributed by atoms with Gasteiger partial charge in [0.15, 0.2) is 11.5 Å². The maximum absolute atomic E-state index is 11.5. The van der Waals surface area contributed by atoms with Gasteiger partial charge < -0.3 is 20.3 Å². The van der Waals surface area contributed by atoms with Crippen molar-refractivity contribution in [3.05, 3.63) is 81.5 Å². The molecule has 1 unspecified atom stereocenters. The van der Waals surface area contributed by atoms with E-state index in [0.717, 1.165) is 11.6 Å². The first kappa shape index (κ1) is 17.3. The van der Waals surface area contributed by atoms with Crippen LogP contribution < -0.4 is 10.1 Å². The van der Waals surface area contributed by atoms with Gasteiger partial charge in [0, 0.05) is 0 Å². The Morgan fingerprint density at radius 2 is 2.07 bits per heavy atom. The lowest BCUT2D eigenvalue weighted by Gasteiger charge is -2.27. The van der Waals surface area contributed by atoms with E-state index in [1.54, 1.807) is 6.08 Å². The van der Waals surface area contributed by atoms with E-state index in [2.05, 4.69) is 5.32 Å². The van der Waals surface area contributed by atoms with Crippen molar-refractivity contribution in [2.24, 2.45) is 0 Å². The normalized spacial score (nSPS) is 16.4. The predicted octanol–water partition coefficient (Wildman–Crippen LogP) is 4.09. The fourth-order valence-electron chi connectivity index (χ4n) is 3.16. The zero-order chi connectivity index (χ0) is 19.8. The number of nitrogens with one attached hydrogen (secondary N) is 1. The number of nitro groups is 1. The van der Waals surface area contributed by atoms with Gasteiger partial charge in [-0.1, -0.05) is 30.4 Å². The van der Waals surface area contributed by atoms with Crippen LogP contribution in [0.15, 0.2) is 60.2 Å². The predicted molar refractivity (Wildman–Crippen MR) is 102 cm³/mol. The van der Waals surface area contributed by atoms with Crippen LogP contribution in [-0.2, 0) is 0 Å². The van der Waals surface area contributed by atoms with E-state index >= 15 is 0 Å². The Morgan fingerprint density at radius 1 is 1.25 bits per heavy atom. The molecule has 4 rings (SSSR count). The average Bonchev–Trinajstić information content (AvgIpc) is 2.68. The summed E-state index contributed by atoms with van der Waals surface area (Å²) < 4.78 is 5.75. The number of aromatic hydroxyl groups is 1. The first-order chi connectivity index (χ1) is 13.4. The number of carboxylic acids is 1. The third kappa shape index (κ3) is 2.96. The third-order valence-corrected chi connectivity index (χ3v) is 4.45. The molecule has 0 amide bonds. The Balaban J connectivity index is 1.86. The highest BCUT2D eigenvalue weighted by molar-refractivity contribution is 5.89. The molecule has 8 heteroatoms. The van der Waals surface area contributed by atoms with Crippen molar-refractivity contribution in [1.29, 1.82) is 0 Å². The summed E-state index contributed by atoms with van der Waals surface area (Å²) in [6.45, 7) is 0. The topological polar surface area (TPSA) is 122 Å². The number of benzene rings is 2. The van der Waals surface area contributed by atoms with E-state index in [1.165, 1.54) is 24.3 Å². The van der Waals surface area contributed by atoms with Crippen LogP contribution in [0.25, 0.3) is 6.08 Å². The molecule has 0 fully saturated rings. The first-order valence-corrected chi connectivity index (χ1v) is 8.32. The minimum atomic E-state index is -1.12. The fourth-order valence-corrected chi connectivity index (χ4v) is 3.16. The molecule has 2 aromatic carbocycles. The molecule has 2 aliphatic rings. The Morgan fingerprint density at radius 3 is 2.82 bits per heavy atom. The number of carbonyl (C=O) groups is 1. The van der Waals surface area contributed by atoms with Crippen molar-refractivity contribution >= 4 is 23.4 Å². The first-order valence-electron chi connectivity index (χ1n) is 8.32. The van der Waals surface area contributed by atoms with Gasteiger partial charge in [0.05, 0.1) is 28.2 Å². The second kappa shape index (κ2) is 6.58. The molecule has 0 bridgehead atoms. The quantitative estimate of drug-likeness (QED) is 0.416. The molecule has 1 atom stereocenters. The molecule has 0 spiro atoms. The summed E-state index contributed by atoms with van der Waals surface area (Å²) in [7, 11) is 0. The monoisotopic (exact) mass is 378 g/mol. The number of phenolic OH excluding ortho intramolecular Hbond substituents is 1. The number of fused-ring (bicyclic) bond motifs is 2. The van der Waals surface area contributed by atoms with Crippen molar-refractivity contribution < 1.29 is 24.7 Å². The van der Waals surface area contributed by atoms with E-state index in [-0.39, 0.29) is 34.5 Å². The molecule has 0 saturated carbocycles. The number of nitrogens with zero attached hydrogens (tertiary/aromatic N) is 1. The molecule has 140 valence electrons. The summed E-state index contributed by atoms with van der Waals surface area (Å²) in [5.41, 5.74) is 1.13. The van der Waals surface area contributed by atoms with Gasteiger partial charge in [0.2, 0.25) is 0 Å². The van der Waals surface area contributed by atoms with Crippen LogP contribution in [0.4, 0.5) is 11.4 Å². The molecule has 1 aliphatic heterocycles. The summed E-state index contributed by atoms with van der Waals surface area (Å²) in [6, 6.07) is 6.55. The minimum Gasteiger partial charge on any atom is -0.504 e. The van der Waals surface area contributed by atoms with Crippen LogP contribution in [0, 0.1) is 10.1 Å². The molecule has 0 radical (unpaired) electrons. The number of rotatable bonds is 4. The summed E-state index contributed by atoms with van der Waals surface area (Å²) in [5.74, 6) is -1.35. The molecule has 1 heterocycles. The van der Waals surface area contributed by atoms with E-state index in [0.29, 0.717) is 5.56 Å². The summed E-state index contributed by atoms with van der Waals surface area (Å²) in [4.78, 5) is 22.1. The van der Waals surface area contributed by atoms with E-state index < -0.39 is 16.6 Å². The van der Waals surface area contributed by atoms with Crippen molar-refractivity contribution in [2.75, 3.05) is 5.32 Å². The number of nitro benzene ring substituents is 1. The van der Waals surface area contributed by atoms with Crippen molar-refractivity contribution in [3.63, 3.8) is 0 Å². The number of hydrogen-bond donors (Lipinski definition) is 3. The minimum absolute atomic E-state index is 0.00421. The van der Waals surface area contributed by atoms with Gasteiger partial charge in [-0.05, 0) is 29.8 Å². The smallest absolute Gasteiger partial charge is 0.335 e. The zero-order valence-corrected chi connectivity index (χ0v) is 14.3. The molecule has 1 aliphatic carbocycles. The number of ether oxygens (including phenoxy) is 1. The molecular formula is C20H14N2O6. The van der Waals surface area contributed by atoms with Crippen LogP contribution in [0.1, 0.15) is 15.9 Å². The number of aromatic carboxylic acids is 1. The molecule has 2 aromatic rings. The molecule has 28 heavy (non-hydrogen) atoms. The highest BCUT2D eigenvalue weighted by Crippen LogP contribution is 2.48. The number of carboxylic acid groups (broad SMARTS) is 1. The lowest BCUT2D eigenvalue weighted by molar-refractivity contribution is -0.384. The van der Waals surface area contributed by atoms with Gasteiger partial charge in [-0.2, -0.15) is 0 Å². The SMILES string of the molecule is O=C(O)c1cccc(Oc2c(O)cc([N+](=O)[O-])c3c2C=C2C=CC=CC2N3)c1. The average molecular weight is 378 g/mol. The van der Waals surface area contributed by atoms with Gasteiger partial charge in [-0.15, -0.1) is 0 Å². The number of phenols is 1. The van der Waals surface area contributed by atoms with Gasteiger partial charge in [-0.25, -0.2) is 4.79 Å². The summed E-state index contributed by atoms with van der Waals surface area (Å²) in [5, 5.41) is 34.1. The maximum Gasteiger partial charge on any atom is 0.335 e. The lowest BCUT2D eigenvalue weighted by atomic mass is 9.93. The molecular weight excluding hydrogens is 364 g/mol. The zero-order valence-electron chi connectivity index (χ0n) is 14.3. The summed E-state index contributed by atoms with van der Waals surface area (Å²) in [6.07, 6.45) is 9.09. The van der Waals surface area contributed by atoms with Gasteiger partial charge in [-0.3, -0.25) is 10.1 Å². The van der Waals surface area contributed by atoms with Crippen molar-refractivity contribution in [2.45, 2.75) is 6.04 Å². The Hall–Kier alpha value is -4.07. The van der Waals surface area contributed by atoms with E-state index in [9.17, 15) is 20.0 Å². The Bertz CT molecular complexity index is 1100. The highest BCUT2D eigenvalue weighted by Gasteiger charge is 2.30. The Kier molecular flexibility index (Phi) is 4.08. The van der Waals surface area contributed by atoms with Crippen molar-refractivity contribution in [3.8, 4) is 17.2 Å². The van der Waals surface area contributed by atoms with Crippen LogP contribution in [0.3, 0.4) is 0 Å². The van der Waals surface area contributed by atoms with Crippen LogP contribution in [-0.4, -0.2) is 27.1 Å². The summed E-state index contributed by atoms with van der Waals surface area (Å²) >= 11 is 0. The largest absolute Gasteiger partial charge is 0.504 e. The number of anilines is 1. The van der Waals surface area contributed by atoms with Gasteiger partial charge >= 0.3 is 5.97 Å². The van der Waals surface area contributed by atoms with Gasteiger partial charge in [0.25, 0.3) is 5.69 Å². The molecule has 8 nitrogen and oxygen atoms in total. The fraction of sp³-hybridized carbons (Fsp3) is 0.0500. The Labute approximate surface area is 158 Å². The third-order valence-electron chi connectivity index (χ3n) is 4.45. The van der Waals surface area contributed by atoms with E-state index in [1.807, 2.05) is 24.3 Å². The second-order valence-corrected chi connectivity index (χ2v) is 6.24. The molecule has 0 aromatic heterocycles. The highest BCUT2D eigenvalue weighted by atomic mass is 16.6. The van der Waals surface area contributed by atoms with Crippen LogP contribution in [0.5, 0.6) is 17.2 Å².